The first kappa shape index (κ1) is 7.81. The molecule has 0 fully saturated rings. The zero-order chi connectivity index (χ0) is 9.42. The highest BCUT2D eigenvalue weighted by Gasteiger charge is 2.23. The van der Waals surface area contributed by atoms with Crippen LogP contribution in [-0.4, -0.2) is 5.97 Å². The molecular formula is C10H7NO2. The van der Waals surface area contributed by atoms with E-state index in [9.17, 15) is 4.79 Å². The predicted molar refractivity (Wildman–Crippen MR) is 45.0 cm³/mol. The molecule has 64 valence electrons. The predicted octanol–water partition coefficient (Wildman–Crippen LogP) is 1.54. The van der Waals surface area contributed by atoms with E-state index >= 15 is 0 Å². The van der Waals surface area contributed by atoms with Crippen molar-refractivity contribution in [2.24, 2.45) is 0 Å². The Morgan fingerprint density at radius 3 is 3.00 bits per heavy atom. The van der Waals surface area contributed by atoms with Crippen LogP contribution in [0.25, 0.3) is 0 Å². The van der Waals surface area contributed by atoms with Crippen LogP contribution in [0.4, 0.5) is 0 Å². The van der Waals surface area contributed by atoms with Crippen LogP contribution in [0, 0.1) is 18.3 Å². The number of nitrogens with zero attached hydrogens (tertiary/aromatic N) is 1. The molecule has 1 heterocycles. The maximum absolute atomic E-state index is 11.1. The molecule has 1 aromatic rings. The number of nitriles is 1. The first-order valence-corrected chi connectivity index (χ1v) is 3.93. The Balaban J connectivity index is 2.68. The summed E-state index contributed by atoms with van der Waals surface area (Å²) in [6, 6.07) is 5.38. The molecule has 13 heavy (non-hydrogen) atoms. The topological polar surface area (TPSA) is 50.1 Å². The molecule has 0 aromatic heterocycles. The van der Waals surface area contributed by atoms with E-state index in [1.807, 2.05) is 6.92 Å². The van der Waals surface area contributed by atoms with E-state index in [1.165, 1.54) is 0 Å². The molecule has 0 amide bonds. The zero-order valence-electron chi connectivity index (χ0n) is 7.13. The third-order valence-corrected chi connectivity index (χ3v) is 2.29. The van der Waals surface area contributed by atoms with Gasteiger partial charge in [-0.15, -0.1) is 0 Å². The summed E-state index contributed by atoms with van der Waals surface area (Å²) in [5, 5.41) is 8.74. The van der Waals surface area contributed by atoms with Gasteiger partial charge in [-0.3, -0.25) is 0 Å². The van der Waals surface area contributed by atoms with E-state index in [-0.39, 0.29) is 5.97 Å². The van der Waals surface area contributed by atoms with Crippen molar-refractivity contribution in [2.75, 3.05) is 0 Å². The normalized spacial score (nSPS) is 13.4. The van der Waals surface area contributed by atoms with Gasteiger partial charge in [-0.2, -0.15) is 5.26 Å². The number of carbonyl (C=O) groups is 1. The molecule has 0 spiro atoms. The number of esters is 1. The number of benzene rings is 1. The molecule has 0 aliphatic carbocycles. The fourth-order valence-electron chi connectivity index (χ4n) is 1.47. The SMILES string of the molecule is Cc1c(C#N)ccc2c1COC2=O. The molecule has 2 rings (SSSR count). The summed E-state index contributed by atoms with van der Waals surface area (Å²) in [6.07, 6.45) is 0. The van der Waals surface area contributed by atoms with Crippen LogP contribution in [0.1, 0.15) is 27.0 Å². The second-order valence-electron chi connectivity index (χ2n) is 2.95. The molecule has 0 unspecified atom stereocenters. The van der Waals surface area contributed by atoms with Crippen LogP contribution in [0.15, 0.2) is 12.1 Å². The molecule has 0 bridgehead atoms. The standard InChI is InChI=1S/C10H7NO2/c1-6-7(4-11)2-3-8-9(6)5-13-10(8)12/h2-3H,5H2,1H3. The van der Waals surface area contributed by atoms with Gasteiger partial charge in [-0.1, -0.05) is 0 Å². The van der Waals surface area contributed by atoms with Gasteiger partial charge in [0.05, 0.1) is 17.2 Å². The quantitative estimate of drug-likeness (QED) is 0.559. The van der Waals surface area contributed by atoms with Gasteiger partial charge in [0.2, 0.25) is 0 Å². The summed E-state index contributed by atoms with van der Waals surface area (Å²) >= 11 is 0. The number of carbonyl (C=O) groups excluding carboxylic acids is 1. The maximum Gasteiger partial charge on any atom is 0.338 e. The molecule has 3 nitrogen and oxygen atoms in total. The van der Waals surface area contributed by atoms with Gasteiger partial charge in [0.15, 0.2) is 0 Å². The molecule has 3 heteroatoms. The van der Waals surface area contributed by atoms with E-state index in [1.54, 1.807) is 12.1 Å². The van der Waals surface area contributed by atoms with E-state index in [0.29, 0.717) is 17.7 Å². The van der Waals surface area contributed by atoms with E-state index in [0.717, 1.165) is 11.1 Å². The summed E-state index contributed by atoms with van der Waals surface area (Å²) in [5.74, 6) is -0.289. The van der Waals surface area contributed by atoms with E-state index in [4.69, 9.17) is 10.00 Å². The molecule has 1 aliphatic heterocycles. The molecule has 0 radical (unpaired) electrons. The van der Waals surface area contributed by atoms with Gasteiger partial charge in [0.25, 0.3) is 0 Å². The smallest absolute Gasteiger partial charge is 0.338 e. The van der Waals surface area contributed by atoms with Crippen LogP contribution in [0.3, 0.4) is 0 Å². The Bertz CT molecular complexity index is 429. The van der Waals surface area contributed by atoms with Crippen molar-refractivity contribution < 1.29 is 9.53 Å². The molecule has 1 aliphatic rings. The van der Waals surface area contributed by atoms with Gasteiger partial charge in [0.1, 0.15) is 6.61 Å². The molecule has 0 saturated carbocycles. The Hall–Kier alpha value is -1.82. The maximum atomic E-state index is 11.1. The second kappa shape index (κ2) is 2.60. The highest BCUT2D eigenvalue weighted by Crippen LogP contribution is 2.25. The van der Waals surface area contributed by atoms with Crippen LogP contribution in [0.5, 0.6) is 0 Å². The number of cyclic esters (lactones) is 1. The van der Waals surface area contributed by atoms with Crippen molar-refractivity contribution >= 4 is 5.97 Å². The Kier molecular flexibility index (Phi) is 1.56. The lowest BCUT2D eigenvalue weighted by molar-refractivity contribution is 0.0535. The van der Waals surface area contributed by atoms with Crippen molar-refractivity contribution in [3.8, 4) is 6.07 Å². The lowest BCUT2D eigenvalue weighted by Crippen LogP contribution is -1.95. The molecule has 0 N–H and O–H groups in total. The minimum atomic E-state index is -0.289. The number of rotatable bonds is 0. The van der Waals surface area contributed by atoms with Gasteiger partial charge in [-0.05, 0) is 24.6 Å². The summed E-state index contributed by atoms with van der Waals surface area (Å²) in [4.78, 5) is 11.1. The fraction of sp³-hybridized carbons (Fsp3) is 0.200. The van der Waals surface area contributed by atoms with Gasteiger partial charge >= 0.3 is 5.97 Å². The second-order valence-corrected chi connectivity index (χ2v) is 2.95. The zero-order valence-corrected chi connectivity index (χ0v) is 7.13. The monoisotopic (exact) mass is 173 g/mol. The van der Waals surface area contributed by atoms with Crippen LogP contribution in [0.2, 0.25) is 0 Å². The molecular weight excluding hydrogens is 166 g/mol. The van der Waals surface area contributed by atoms with Crippen LogP contribution >= 0.6 is 0 Å². The first-order valence-electron chi connectivity index (χ1n) is 3.93. The summed E-state index contributed by atoms with van der Waals surface area (Å²) in [7, 11) is 0. The molecule has 1 aromatic carbocycles. The van der Waals surface area contributed by atoms with Crippen LogP contribution in [-0.2, 0) is 11.3 Å². The lowest BCUT2D eigenvalue weighted by atomic mass is 9.99. The summed E-state index contributed by atoms with van der Waals surface area (Å²) < 4.78 is 4.86. The van der Waals surface area contributed by atoms with Crippen molar-refractivity contribution in [1.82, 2.24) is 0 Å². The minimum absolute atomic E-state index is 0.289. The summed E-state index contributed by atoms with van der Waals surface area (Å²) in [6.45, 7) is 2.13. The third kappa shape index (κ3) is 0.994. The van der Waals surface area contributed by atoms with Gasteiger partial charge in [0, 0.05) is 5.56 Å². The number of hydrogen-bond acceptors (Lipinski definition) is 3. The van der Waals surface area contributed by atoms with Crippen molar-refractivity contribution in [2.45, 2.75) is 13.5 Å². The van der Waals surface area contributed by atoms with E-state index in [2.05, 4.69) is 6.07 Å². The highest BCUT2D eigenvalue weighted by atomic mass is 16.5. The Labute approximate surface area is 75.6 Å². The minimum Gasteiger partial charge on any atom is -0.457 e. The van der Waals surface area contributed by atoms with Crippen LogP contribution < -0.4 is 0 Å². The Morgan fingerprint density at radius 2 is 2.31 bits per heavy atom. The number of fused-ring (bicyclic) bond motifs is 1. The molecule has 0 saturated heterocycles. The first-order chi connectivity index (χ1) is 6.24. The Morgan fingerprint density at radius 1 is 1.54 bits per heavy atom. The van der Waals surface area contributed by atoms with E-state index < -0.39 is 0 Å². The average Bonchev–Trinajstić information content (AvgIpc) is 2.50. The largest absolute Gasteiger partial charge is 0.457 e. The number of hydrogen-bond donors (Lipinski definition) is 0. The highest BCUT2D eigenvalue weighted by molar-refractivity contribution is 5.94. The summed E-state index contributed by atoms with van der Waals surface area (Å²) in [5.41, 5.74) is 2.91. The molecule has 0 atom stereocenters. The van der Waals surface area contributed by atoms with Crippen molar-refractivity contribution in [1.29, 1.82) is 5.26 Å². The third-order valence-electron chi connectivity index (χ3n) is 2.29. The van der Waals surface area contributed by atoms with Crippen molar-refractivity contribution in [3.63, 3.8) is 0 Å². The average molecular weight is 173 g/mol. The van der Waals surface area contributed by atoms with Crippen molar-refractivity contribution in [3.05, 3.63) is 34.4 Å². The van der Waals surface area contributed by atoms with Gasteiger partial charge in [-0.25, -0.2) is 4.79 Å². The number of ether oxygens (including phenoxy) is 1. The van der Waals surface area contributed by atoms with Gasteiger partial charge < -0.3 is 4.74 Å². The fourth-order valence-corrected chi connectivity index (χ4v) is 1.47. The lowest BCUT2D eigenvalue weighted by Gasteiger charge is -2.00.